The Morgan fingerprint density at radius 1 is 1.16 bits per heavy atom. The van der Waals surface area contributed by atoms with Crippen LogP contribution in [0.1, 0.15) is 22.8 Å². The maximum absolute atomic E-state index is 13.1. The quantitative estimate of drug-likeness (QED) is 0.613. The number of halogens is 2. The van der Waals surface area contributed by atoms with Crippen molar-refractivity contribution in [3.63, 3.8) is 0 Å². The lowest BCUT2D eigenvalue weighted by atomic mass is 9.68. The molecule has 7 atom stereocenters. The van der Waals surface area contributed by atoms with Crippen LogP contribution in [0.2, 0.25) is 10.0 Å². The minimum absolute atomic E-state index is 0.0114. The molecule has 1 aromatic heterocycles. The van der Waals surface area contributed by atoms with Crippen molar-refractivity contribution in [3.8, 4) is 0 Å². The summed E-state index contributed by atoms with van der Waals surface area (Å²) >= 11 is 15.7. The molecule has 0 radical (unpaired) electrons. The molecule has 3 heterocycles. The monoisotopic (exact) mass is 510 g/mol. The Bertz CT molecular complexity index is 1260. The molecule has 0 unspecified atom stereocenters. The van der Waals surface area contributed by atoms with Gasteiger partial charge < -0.3 is 10.1 Å². The smallest absolute Gasteiger partial charge is 0.323 e. The summed E-state index contributed by atoms with van der Waals surface area (Å²) in [7, 11) is 0. The van der Waals surface area contributed by atoms with Crippen molar-refractivity contribution in [2.75, 3.05) is 6.54 Å². The van der Waals surface area contributed by atoms with Gasteiger partial charge in [0.25, 0.3) is 0 Å². The summed E-state index contributed by atoms with van der Waals surface area (Å²) in [5.74, 6) is -3.38. The van der Waals surface area contributed by atoms with Gasteiger partial charge in [-0.25, -0.2) is 0 Å². The summed E-state index contributed by atoms with van der Waals surface area (Å²) in [5.41, 5.74) is 0.814. The lowest BCUT2D eigenvalue weighted by Crippen LogP contribution is -2.42. The normalized spacial score (nSPS) is 34.6. The van der Waals surface area contributed by atoms with Gasteiger partial charge in [-0.05, 0) is 35.8 Å². The largest absolute Gasteiger partial charge is 0.480 e. The number of amides is 2. The van der Waals surface area contributed by atoms with Crippen LogP contribution in [0.15, 0.2) is 28.0 Å². The molecule has 2 aliphatic carbocycles. The Hall–Kier alpha value is -1.81. The Balaban J connectivity index is 1.48. The second kappa shape index (κ2) is 7.09. The van der Waals surface area contributed by atoms with Crippen LogP contribution in [-0.2, 0) is 14.4 Å². The van der Waals surface area contributed by atoms with E-state index in [0.717, 1.165) is 38.1 Å². The number of likely N-dealkylation sites (tertiary alicyclic amines) is 1. The van der Waals surface area contributed by atoms with Gasteiger partial charge in [0.1, 0.15) is 6.54 Å². The number of hydrogen-bond acceptors (Lipinski definition) is 6. The molecule has 1 aromatic carbocycles. The summed E-state index contributed by atoms with van der Waals surface area (Å²) in [6.45, 7) is -0.600. The van der Waals surface area contributed by atoms with Crippen molar-refractivity contribution < 1.29 is 19.5 Å². The van der Waals surface area contributed by atoms with Gasteiger partial charge in [0.05, 0.1) is 26.9 Å². The van der Waals surface area contributed by atoms with Gasteiger partial charge >= 0.3 is 10.8 Å². The highest BCUT2D eigenvalue weighted by molar-refractivity contribution is 8.00. The second-order valence-corrected chi connectivity index (χ2v) is 11.7. The number of nitrogens with one attached hydrogen (secondary N) is 1. The first-order chi connectivity index (χ1) is 15.3. The highest BCUT2D eigenvalue weighted by Crippen LogP contribution is 2.68. The number of carboxylic acid groups (broad SMARTS) is 1. The fourth-order valence-corrected chi connectivity index (χ4v) is 9.78. The fraction of sp³-hybridized carbons (Fsp3) is 0.429. The van der Waals surface area contributed by atoms with Gasteiger partial charge in [0.2, 0.25) is 11.8 Å². The minimum atomic E-state index is -1.20. The van der Waals surface area contributed by atoms with Crippen LogP contribution in [0.4, 0.5) is 0 Å². The van der Waals surface area contributed by atoms with Crippen molar-refractivity contribution in [2.24, 2.45) is 29.6 Å². The van der Waals surface area contributed by atoms with Crippen molar-refractivity contribution >= 4 is 64.1 Å². The van der Waals surface area contributed by atoms with Crippen LogP contribution in [0, 0.1) is 29.6 Å². The lowest BCUT2D eigenvalue weighted by molar-refractivity contribution is -0.149. The van der Waals surface area contributed by atoms with Gasteiger partial charge in [-0.15, -0.1) is 11.8 Å². The molecule has 1 saturated heterocycles. The van der Waals surface area contributed by atoms with Crippen LogP contribution in [0.25, 0.3) is 0 Å². The molecule has 3 fully saturated rings. The van der Waals surface area contributed by atoms with E-state index in [2.05, 4.69) is 4.98 Å². The van der Waals surface area contributed by atoms with Gasteiger partial charge in [-0.2, -0.15) is 0 Å². The number of thioether (sulfide) groups is 1. The Labute approximate surface area is 200 Å². The average Bonchev–Trinajstić information content (AvgIpc) is 3.46. The topological polar surface area (TPSA) is 108 Å². The van der Waals surface area contributed by atoms with E-state index in [1.807, 2.05) is 12.1 Å². The zero-order valence-electron chi connectivity index (χ0n) is 16.3. The molecule has 32 heavy (non-hydrogen) atoms. The number of aliphatic carboxylic acids is 1. The summed E-state index contributed by atoms with van der Waals surface area (Å²) in [6, 6.07) is 5.44. The molecule has 2 aliphatic heterocycles. The number of imide groups is 1. The summed E-state index contributed by atoms with van der Waals surface area (Å²) in [5, 5.41) is 10.8. The molecule has 7 nitrogen and oxygen atoms in total. The standard InChI is InChI=1S/C21H16Cl2N2O5S2/c22-9-3-1-2-6(15(9)23)11-12-7-4-8(16(12)31-18-17(11)32-21(30)24-18)14-13(7)19(28)25(20(14)29)5-10(26)27/h1-3,7-8,11-14,16H,4-5H2,(H,24,30)(H,26,27)/t7-,8+,11-,12+,13+,14+,16+/m0/s1. The predicted octanol–water partition coefficient (Wildman–Crippen LogP) is 3.30. The molecule has 2 saturated carbocycles. The maximum Gasteiger partial charge on any atom is 0.323 e. The SMILES string of the molecule is O=C(O)CN1C(=O)[C@@H]2[C@H]3C[C@@H]([C@H]4Sc5[nH]c(=O)sc5[C@@H](c5cccc(Cl)c5Cl)[C@@H]34)[C@H]2C1=O. The Kier molecular flexibility index (Phi) is 4.60. The number of fused-ring (bicyclic) bond motifs is 9. The summed E-state index contributed by atoms with van der Waals surface area (Å²) < 4.78 is 0. The number of nitrogens with zero attached hydrogens (tertiary/aromatic N) is 1. The highest BCUT2D eigenvalue weighted by atomic mass is 35.5. The third-order valence-electron chi connectivity index (χ3n) is 7.43. The number of hydrogen-bond donors (Lipinski definition) is 2. The number of carbonyl (C=O) groups is 3. The third kappa shape index (κ3) is 2.68. The van der Waals surface area contributed by atoms with E-state index in [-0.39, 0.29) is 45.6 Å². The van der Waals surface area contributed by atoms with Gasteiger partial charge in [0, 0.05) is 16.0 Å². The molecule has 2 bridgehead atoms. The number of benzene rings is 1. The first kappa shape index (κ1) is 20.8. The highest BCUT2D eigenvalue weighted by Gasteiger charge is 2.69. The van der Waals surface area contributed by atoms with Crippen molar-refractivity contribution in [1.82, 2.24) is 9.88 Å². The van der Waals surface area contributed by atoms with Crippen molar-refractivity contribution in [3.05, 3.63) is 48.4 Å². The van der Waals surface area contributed by atoms with Gasteiger partial charge in [-0.1, -0.05) is 46.7 Å². The number of H-pyrrole nitrogens is 1. The first-order valence-electron chi connectivity index (χ1n) is 10.2. The molecule has 11 heteroatoms. The molecule has 2 aromatic rings. The average molecular weight is 511 g/mol. The zero-order valence-corrected chi connectivity index (χ0v) is 19.4. The molecule has 2 N–H and O–H groups in total. The Morgan fingerprint density at radius 2 is 1.88 bits per heavy atom. The van der Waals surface area contributed by atoms with E-state index in [9.17, 15) is 24.3 Å². The third-order valence-corrected chi connectivity index (χ3v) is 10.8. The van der Waals surface area contributed by atoms with E-state index in [0.29, 0.717) is 10.0 Å². The Morgan fingerprint density at radius 3 is 2.59 bits per heavy atom. The zero-order chi connectivity index (χ0) is 22.5. The number of aromatic nitrogens is 1. The predicted molar refractivity (Wildman–Crippen MR) is 119 cm³/mol. The number of thiazole rings is 1. The van der Waals surface area contributed by atoms with E-state index in [1.165, 1.54) is 0 Å². The number of rotatable bonds is 3. The van der Waals surface area contributed by atoms with Crippen LogP contribution in [-0.4, -0.2) is 44.6 Å². The van der Waals surface area contributed by atoms with Crippen LogP contribution in [0.3, 0.4) is 0 Å². The van der Waals surface area contributed by atoms with Gasteiger partial charge in [-0.3, -0.25) is 24.1 Å². The fourth-order valence-electron chi connectivity index (χ4n) is 6.48. The lowest BCUT2D eigenvalue weighted by Gasteiger charge is -2.43. The van der Waals surface area contributed by atoms with E-state index < -0.39 is 24.3 Å². The number of carboxylic acids is 1. The van der Waals surface area contributed by atoms with E-state index in [1.54, 1.807) is 17.8 Å². The van der Waals surface area contributed by atoms with E-state index >= 15 is 0 Å². The van der Waals surface area contributed by atoms with Crippen LogP contribution in [0.5, 0.6) is 0 Å². The van der Waals surface area contributed by atoms with Crippen molar-refractivity contribution in [2.45, 2.75) is 22.6 Å². The molecule has 4 aliphatic rings. The first-order valence-corrected chi connectivity index (χ1v) is 12.6. The molecule has 0 spiro atoms. The van der Waals surface area contributed by atoms with Crippen LogP contribution < -0.4 is 4.87 Å². The minimum Gasteiger partial charge on any atom is -0.480 e. The van der Waals surface area contributed by atoms with Crippen molar-refractivity contribution in [1.29, 1.82) is 0 Å². The molecule has 2 amide bonds. The van der Waals surface area contributed by atoms with Crippen LogP contribution >= 0.6 is 46.3 Å². The van der Waals surface area contributed by atoms with E-state index in [4.69, 9.17) is 23.2 Å². The molecule has 6 rings (SSSR count). The number of aromatic amines is 1. The molecular weight excluding hydrogens is 495 g/mol. The maximum atomic E-state index is 13.1. The summed E-state index contributed by atoms with van der Waals surface area (Å²) in [4.78, 5) is 54.2. The van der Waals surface area contributed by atoms with Gasteiger partial charge in [0.15, 0.2) is 0 Å². The number of carbonyl (C=O) groups excluding carboxylic acids is 2. The molecule has 166 valence electrons. The summed E-state index contributed by atoms with van der Waals surface area (Å²) in [6.07, 6.45) is 0.726. The second-order valence-electron chi connectivity index (χ2n) is 8.76. The molecular formula is C21H16Cl2N2O5S2.